The van der Waals surface area contributed by atoms with Gasteiger partial charge in [-0.15, -0.1) is 24.2 Å². The summed E-state index contributed by atoms with van der Waals surface area (Å²) < 4.78 is 0. The van der Waals surface area contributed by atoms with Crippen LogP contribution < -0.4 is 10.6 Å². The largest absolute Gasteiger partial charge is 0.354 e. The molecule has 0 saturated carbocycles. The van der Waals surface area contributed by atoms with E-state index in [1.807, 2.05) is 42.2 Å². The van der Waals surface area contributed by atoms with Crippen LogP contribution in [-0.2, 0) is 9.59 Å². The van der Waals surface area contributed by atoms with Crippen molar-refractivity contribution in [3.63, 3.8) is 0 Å². The van der Waals surface area contributed by atoms with E-state index in [9.17, 15) is 9.59 Å². The number of nitrogens with zero attached hydrogens (tertiary/aromatic N) is 1. The van der Waals surface area contributed by atoms with Gasteiger partial charge in [0.1, 0.15) is 0 Å². The Hall–Kier alpha value is -1.24. The Morgan fingerprint density at radius 3 is 2.74 bits per heavy atom. The number of carbonyl (C=O) groups excluding carboxylic acids is 2. The molecule has 27 heavy (non-hydrogen) atoms. The minimum Gasteiger partial charge on any atom is -0.354 e. The van der Waals surface area contributed by atoms with Crippen LogP contribution in [0.15, 0.2) is 35.2 Å². The van der Waals surface area contributed by atoms with E-state index in [1.54, 1.807) is 11.8 Å². The van der Waals surface area contributed by atoms with Gasteiger partial charge in [-0.1, -0.05) is 18.2 Å². The summed E-state index contributed by atoms with van der Waals surface area (Å²) in [4.78, 5) is 28.1. The zero-order valence-electron chi connectivity index (χ0n) is 15.9. The van der Waals surface area contributed by atoms with Crippen molar-refractivity contribution >= 4 is 36.0 Å². The molecule has 0 spiro atoms. The topological polar surface area (TPSA) is 61.4 Å². The normalized spacial score (nSPS) is 23.4. The summed E-state index contributed by atoms with van der Waals surface area (Å²) in [5, 5.41) is 6.22. The van der Waals surface area contributed by atoms with Gasteiger partial charge in [-0.3, -0.25) is 9.59 Å². The van der Waals surface area contributed by atoms with Gasteiger partial charge < -0.3 is 15.5 Å². The predicted octanol–water partition coefficient (Wildman–Crippen LogP) is 2.70. The Morgan fingerprint density at radius 1 is 1.26 bits per heavy atom. The zero-order valence-corrected chi connectivity index (χ0v) is 17.5. The molecule has 1 aromatic carbocycles. The first-order chi connectivity index (χ1) is 12.6. The number of amides is 2. The van der Waals surface area contributed by atoms with Crippen LogP contribution in [-0.4, -0.2) is 54.2 Å². The van der Waals surface area contributed by atoms with Crippen LogP contribution in [0.2, 0.25) is 0 Å². The number of thioether (sulfide) groups is 1. The molecule has 0 aromatic heterocycles. The average Bonchev–Trinajstić information content (AvgIpc) is 3.21. The van der Waals surface area contributed by atoms with Crippen molar-refractivity contribution in [3.8, 4) is 0 Å². The first-order valence-electron chi connectivity index (χ1n) is 9.65. The molecule has 7 heteroatoms. The van der Waals surface area contributed by atoms with E-state index in [0.717, 1.165) is 50.2 Å². The van der Waals surface area contributed by atoms with Crippen LogP contribution in [0, 0.1) is 5.92 Å². The van der Waals surface area contributed by atoms with Crippen LogP contribution in [0.1, 0.15) is 32.6 Å². The molecular weight excluding hydrogens is 382 g/mol. The minimum absolute atomic E-state index is 0. The molecule has 3 unspecified atom stereocenters. The molecule has 5 nitrogen and oxygen atoms in total. The van der Waals surface area contributed by atoms with Crippen molar-refractivity contribution in [3.05, 3.63) is 30.3 Å². The molecule has 2 aliphatic heterocycles. The van der Waals surface area contributed by atoms with Gasteiger partial charge in [0.2, 0.25) is 11.8 Å². The summed E-state index contributed by atoms with van der Waals surface area (Å²) in [6, 6.07) is 10.0. The van der Waals surface area contributed by atoms with E-state index < -0.39 is 0 Å². The fourth-order valence-corrected chi connectivity index (χ4v) is 4.69. The number of rotatable bonds is 6. The molecule has 2 N–H and O–H groups in total. The molecule has 0 bridgehead atoms. The Morgan fingerprint density at radius 2 is 2.04 bits per heavy atom. The van der Waals surface area contributed by atoms with Gasteiger partial charge in [0.05, 0.1) is 11.3 Å². The maximum atomic E-state index is 12.8. The highest BCUT2D eigenvalue weighted by Crippen LogP contribution is 2.26. The molecule has 0 aliphatic carbocycles. The quantitative estimate of drug-likeness (QED) is 0.706. The number of benzene rings is 1. The first kappa shape index (κ1) is 22.1. The summed E-state index contributed by atoms with van der Waals surface area (Å²) >= 11 is 1.61. The number of piperidine rings is 1. The van der Waals surface area contributed by atoms with Crippen molar-refractivity contribution in [2.45, 2.75) is 48.8 Å². The van der Waals surface area contributed by atoms with E-state index in [-0.39, 0.29) is 35.5 Å². The lowest BCUT2D eigenvalue weighted by Gasteiger charge is -2.34. The second-order valence-electron chi connectivity index (χ2n) is 7.26. The molecular formula is C20H30ClN3O2S. The third-order valence-corrected chi connectivity index (χ3v) is 6.28. The number of nitrogens with one attached hydrogen (secondary N) is 2. The molecule has 2 amide bonds. The highest BCUT2D eigenvalue weighted by molar-refractivity contribution is 8.00. The summed E-state index contributed by atoms with van der Waals surface area (Å²) in [7, 11) is 0. The van der Waals surface area contributed by atoms with Gasteiger partial charge in [-0.05, 0) is 57.2 Å². The average molecular weight is 412 g/mol. The molecule has 3 rings (SSSR count). The zero-order chi connectivity index (χ0) is 18.4. The summed E-state index contributed by atoms with van der Waals surface area (Å²) in [5.74, 6) is 0.665. The van der Waals surface area contributed by atoms with Crippen LogP contribution in [0.5, 0.6) is 0 Å². The molecule has 2 aliphatic rings. The fraction of sp³-hybridized carbons (Fsp3) is 0.600. The SMILES string of the molecule is CC(Sc1ccccc1)C(=O)N1CCCC(CNC(=O)C2CCCN2)C1.Cl. The van der Waals surface area contributed by atoms with E-state index in [2.05, 4.69) is 10.6 Å². The third-order valence-electron chi connectivity index (χ3n) is 5.18. The second kappa shape index (κ2) is 10.9. The maximum absolute atomic E-state index is 12.8. The Labute approximate surface area is 172 Å². The lowest BCUT2D eigenvalue weighted by Crippen LogP contribution is -2.48. The molecule has 2 saturated heterocycles. The van der Waals surface area contributed by atoms with Gasteiger partial charge >= 0.3 is 0 Å². The maximum Gasteiger partial charge on any atom is 0.237 e. The van der Waals surface area contributed by atoms with E-state index in [0.29, 0.717) is 12.5 Å². The number of hydrogen-bond acceptors (Lipinski definition) is 4. The number of carbonyl (C=O) groups is 2. The van der Waals surface area contributed by atoms with Gasteiger partial charge in [0, 0.05) is 24.5 Å². The molecule has 1 aromatic rings. The van der Waals surface area contributed by atoms with Crippen molar-refractivity contribution in [2.75, 3.05) is 26.2 Å². The van der Waals surface area contributed by atoms with Gasteiger partial charge in [0.15, 0.2) is 0 Å². The lowest BCUT2D eigenvalue weighted by atomic mass is 9.97. The van der Waals surface area contributed by atoms with Crippen molar-refractivity contribution in [1.82, 2.24) is 15.5 Å². The smallest absolute Gasteiger partial charge is 0.237 e. The number of hydrogen-bond donors (Lipinski definition) is 2. The monoisotopic (exact) mass is 411 g/mol. The number of likely N-dealkylation sites (tertiary alicyclic amines) is 1. The number of halogens is 1. The second-order valence-corrected chi connectivity index (χ2v) is 8.67. The van der Waals surface area contributed by atoms with Crippen LogP contribution in [0.4, 0.5) is 0 Å². The van der Waals surface area contributed by atoms with Gasteiger partial charge in [0.25, 0.3) is 0 Å². The molecule has 2 fully saturated rings. The third kappa shape index (κ3) is 6.40. The van der Waals surface area contributed by atoms with Gasteiger partial charge in [-0.2, -0.15) is 0 Å². The Kier molecular flexibility index (Phi) is 8.93. The molecule has 0 radical (unpaired) electrons. The van der Waals surface area contributed by atoms with E-state index >= 15 is 0 Å². The van der Waals surface area contributed by atoms with Gasteiger partial charge in [-0.25, -0.2) is 0 Å². The Bertz CT molecular complexity index is 611. The van der Waals surface area contributed by atoms with E-state index in [4.69, 9.17) is 0 Å². The van der Waals surface area contributed by atoms with Crippen molar-refractivity contribution in [1.29, 1.82) is 0 Å². The van der Waals surface area contributed by atoms with Crippen molar-refractivity contribution in [2.24, 2.45) is 5.92 Å². The van der Waals surface area contributed by atoms with Crippen LogP contribution in [0.25, 0.3) is 0 Å². The summed E-state index contributed by atoms with van der Waals surface area (Å²) in [5.41, 5.74) is 0. The Balaban J connectivity index is 0.00000261. The van der Waals surface area contributed by atoms with Crippen LogP contribution in [0.3, 0.4) is 0 Å². The summed E-state index contributed by atoms with van der Waals surface area (Å²) in [6.07, 6.45) is 4.08. The molecule has 150 valence electrons. The standard InChI is InChI=1S/C20H29N3O2S.ClH/c1-15(26-17-8-3-2-4-9-17)20(25)23-12-6-7-16(14-23)13-22-19(24)18-10-5-11-21-18;/h2-4,8-9,15-16,18,21H,5-7,10-14H2,1H3,(H,22,24);1H. The summed E-state index contributed by atoms with van der Waals surface area (Å²) in [6.45, 7) is 5.16. The fourth-order valence-electron chi connectivity index (χ4n) is 3.72. The molecule has 2 heterocycles. The highest BCUT2D eigenvalue weighted by Gasteiger charge is 2.28. The first-order valence-corrected chi connectivity index (χ1v) is 10.5. The predicted molar refractivity (Wildman–Crippen MR) is 112 cm³/mol. The lowest BCUT2D eigenvalue weighted by molar-refractivity contribution is -0.132. The minimum atomic E-state index is -0.0894. The van der Waals surface area contributed by atoms with Crippen molar-refractivity contribution < 1.29 is 9.59 Å². The highest BCUT2D eigenvalue weighted by atomic mass is 35.5. The molecule has 3 atom stereocenters. The van der Waals surface area contributed by atoms with E-state index in [1.165, 1.54) is 0 Å². The van der Waals surface area contributed by atoms with Crippen LogP contribution >= 0.6 is 24.2 Å².